The zero-order chi connectivity index (χ0) is 17.9. The zero-order valence-corrected chi connectivity index (χ0v) is 14.7. The fourth-order valence-corrected chi connectivity index (χ4v) is 3.31. The highest BCUT2D eigenvalue weighted by molar-refractivity contribution is 7.16. The van der Waals surface area contributed by atoms with Crippen molar-refractivity contribution in [1.29, 1.82) is 0 Å². The van der Waals surface area contributed by atoms with Gasteiger partial charge in [-0.25, -0.2) is 14.8 Å². The Bertz CT molecular complexity index is 1060. The van der Waals surface area contributed by atoms with E-state index in [0.717, 1.165) is 27.3 Å². The van der Waals surface area contributed by atoms with Gasteiger partial charge in [-0.2, -0.15) is 0 Å². The number of thiophene rings is 1. The number of anilines is 2. The number of carbonyl (C=O) groups is 1. The van der Waals surface area contributed by atoms with Gasteiger partial charge in [0.15, 0.2) is 0 Å². The van der Waals surface area contributed by atoms with Crippen molar-refractivity contribution in [2.45, 2.75) is 0 Å². The zero-order valence-electron chi connectivity index (χ0n) is 13.8. The molecule has 0 aliphatic rings. The van der Waals surface area contributed by atoms with Gasteiger partial charge in [0, 0.05) is 17.3 Å². The molecular formula is C19H14N4O2S. The second kappa shape index (κ2) is 6.89. The molecule has 6 nitrogen and oxygen atoms in total. The highest BCUT2D eigenvalue weighted by atomic mass is 32.1. The molecule has 0 aliphatic carbocycles. The summed E-state index contributed by atoms with van der Waals surface area (Å²) in [5.41, 5.74) is 2.84. The largest absolute Gasteiger partial charge is 0.465 e. The molecule has 3 heterocycles. The van der Waals surface area contributed by atoms with E-state index in [1.165, 1.54) is 7.11 Å². The first-order valence-corrected chi connectivity index (χ1v) is 8.74. The molecule has 3 aromatic heterocycles. The lowest BCUT2D eigenvalue weighted by molar-refractivity contribution is 0.0601. The number of ether oxygens (including phenoxy) is 1. The minimum Gasteiger partial charge on any atom is -0.465 e. The third-order valence-electron chi connectivity index (χ3n) is 3.79. The molecule has 26 heavy (non-hydrogen) atoms. The minimum atomic E-state index is -0.370. The highest BCUT2D eigenvalue weighted by Crippen LogP contribution is 2.30. The highest BCUT2D eigenvalue weighted by Gasteiger charge is 2.12. The van der Waals surface area contributed by atoms with Crippen molar-refractivity contribution >= 4 is 39.2 Å². The van der Waals surface area contributed by atoms with Gasteiger partial charge >= 0.3 is 5.97 Å². The summed E-state index contributed by atoms with van der Waals surface area (Å²) in [5.74, 6) is 0.108. The molecule has 7 heteroatoms. The van der Waals surface area contributed by atoms with Crippen molar-refractivity contribution in [3.8, 4) is 11.4 Å². The van der Waals surface area contributed by atoms with Crippen LogP contribution in [0.1, 0.15) is 10.4 Å². The van der Waals surface area contributed by atoms with Crippen LogP contribution in [0.15, 0.2) is 60.1 Å². The van der Waals surface area contributed by atoms with Gasteiger partial charge in [-0.15, -0.1) is 11.3 Å². The van der Waals surface area contributed by atoms with Gasteiger partial charge in [-0.3, -0.25) is 4.98 Å². The summed E-state index contributed by atoms with van der Waals surface area (Å²) in [6, 6.07) is 14.7. The normalized spacial score (nSPS) is 10.7. The SMILES string of the molecule is COC(=O)c1ccc(Nc2nc(-c3ccccn3)c3ccsc3n2)cc1. The van der Waals surface area contributed by atoms with Crippen LogP contribution in [0.2, 0.25) is 0 Å². The lowest BCUT2D eigenvalue weighted by Gasteiger charge is -2.08. The molecule has 0 saturated heterocycles. The Labute approximate surface area is 153 Å². The fraction of sp³-hybridized carbons (Fsp3) is 0.0526. The number of hydrogen-bond donors (Lipinski definition) is 1. The second-order valence-electron chi connectivity index (χ2n) is 5.44. The molecule has 0 fully saturated rings. The van der Waals surface area contributed by atoms with E-state index in [0.29, 0.717) is 11.5 Å². The van der Waals surface area contributed by atoms with Crippen LogP contribution in [0.5, 0.6) is 0 Å². The van der Waals surface area contributed by atoms with E-state index in [2.05, 4.69) is 20.3 Å². The van der Waals surface area contributed by atoms with Crippen molar-refractivity contribution in [1.82, 2.24) is 15.0 Å². The van der Waals surface area contributed by atoms with Crippen molar-refractivity contribution in [3.05, 3.63) is 65.7 Å². The Morgan fingerprint density at radius 2 is 1.92 bits per heavy atom. The Kier molecular flexibility index (Phi) is 4.28. The van der Waals surface area contributed by atoms with Gasteiger partial charge in [-0.05, 0) is 47.8 Å². The quantitative estimate of drug-likeness (QED) is 0.546. The summed E-state index contributed by atoms with van der Waals surface area (Å²) in [6.07, 6.45) is 1.74. The van der Waals surface area contributed by atoms with Crippen LogP contribution in [0.25, 0.3) is 21.6 Å². The summed E-state index contributed by atoms with van der Waals surface area (Å²) in [6.45, 7) is 0. The van der Waals surface area contributed by atoms with Crippen molar-refractivity contribution in [2.75, 3.05) is 12.4 Å². The standard InChI is InChI=1S/C19H14N4O2S/c1-25-18(24)12-5-7-13(8-6-12)21-19-22-16(15-4-2-3-10-20-15)14-9-11-26-17(14)23-19/h2-11H,1H3,(H,21,22,23). The van der Waals surface area contributed by atoms with Gasteiger partial charge in [0.05, 0.1) is 18.4 Å². The number of methoxy groups -OCH3 is 1. The molecular weight excluding hydrogens is 348 g/mol. The molecule has 0 unspecified atom stereocenters. The first-order chi connectivity index (χ1) is 12.7. The maximum Gasteiger partial charge on any atom is 0.337 e. The van der Waals surface area contributed by atoms with Crippen LogP contribution >= 0.6 is 11.3 Å². The predicted octanol–water partition coefficient (Wildman–Crippen LogP) is 4.28. The van der Waals surface area contributed by atoms with E-state index >= 15 is 0 Å². The lowest BCUT2D eigenvalue weighted by atomic mass is 10.2. The van der Waals surface area contributed by atoms with Crippen LogP contribution in [0.4, 0.5) is 11.6 Å². The van der Waals surface area contributed by atoms with Crippen LogP contribution in [0.3, 0.4) is 0 Å². The number of aromatic nitrogens is 3. The number of hydrogen-bond acceptors (Lipinski definition) is 7. The number of nitrogens with one attached hydrogen (secondary N) is 1. The average molecular weight is 362 g/mol. The number of fused-ring (bicyclic) bond motifs is 1. The second-order valence-corrected chi connectivity index (χ2v) is 6.34. The van der Waals surface area contributed by atoms with E-state index in [1.54, 1.807) is 41.8 Å². The number of nitrogens with zero attached hydrogens (tertiary/aromatic N) is 3. The number of carbonyl (C=O) groups excluding carboxylic acids is 1. The number of rotatable bonds is 4. The summed E-state index contributed by atoms with van der Waals surface area (Å²) >= 11 is 1.55. The fourth-order valence-electron chi connectivity index (χ4n) is 2.55. The molecule has 128 valence electrons. The first kappa shape index (κ1) is 16.2. The number of pyridine rings is 1. The molecule has 0 atom stereocenters. The maximum atomic E-state index is 11.5. The predicted molar refractivity (Wildman–Crippen MR) is 102 cm³/mol. The number of esters is 1. The molecule has 0 saturated carbocycles. The molecule has 0 radical (unpaired) electrons. The molecule has 0 amide bonds. The van der Waals surface area contributed by atoms with E-state index in [-0.39, 0.29) is 5.97 Å². The smallest absolute Gasteiger partial charge is 0.337 e. The Morgan fingerprint density at radius 3 is 2.65 bits per heavy atom. The molecule has 1 aromatic carbocycles. The van der Waals surface area contributed by atoms with E-state index in [1.807, 2.05) is 29.6 Å². The summed E-state index contributed by atoms with van der Waals surface area (Å²) in [5, 5.41) is 6.14. The summed E-state index contributed by atoms with van der Waals surface area (Å²) in [4.78, 5) is 26.0. The number of benzene rings is 1. The Balaban J connectivity index is 1.70. The van der Waals surface area contributed by atoms with Gasteiger partial charge in [-0.1, -0.05) is 6.07 Å². The third kappa shape index (κ3) is 3.12. The maximum absolute atomic E-state index is 11.5. The van der Waals surface area contributed by atoms with Gasteiger partial charge < -0.3 is 10.1 Å². The van der Waals surface area contributed by atoms with Gasteiger partial charge in [0.1, 0.15) is 10.5 Å². The van der Waals surface area contributed by atoms with Crippen molar-refractivity contribution in [3.63, 3.8) is 0 Å². The first-order valence-electron chi connectivity index (χ1n) is 7.86. The van der Waals surface area contributed by atoms with Crippen molar-refractivity contribution < 1.29 is 9.53 Å². The average Bonchev–Trinajstić information content (AvgIpc) is 3.16. The van der Waals surface area contributed by atoms with E-state index in [4.69, 9.17) is 4.74 Å². The van der Waals surface area contributed by atoms with Gasteiger partial charge in [0.2, 0.25) is 5.95 Å². The summed E-state index contributed by atoms with van der Waals surface area (Å²) < 4.78 is 4.71. The van der Waals surface area contributed by atoms with Crippen LogP contribution in [0, 0.1) is 0 Å². The summed E-state index contributed by atoms with van der Waals surface area (Å²) in [7, 11) is 1.36. The van der Waals surface area contributed by atoms with Crippen LogP contribution < -0.4 is 5.32 Å². The minimum absolute atomic E-state index is 0.370. The monoisotopic (exact) mass is 362 g/mol. The Morgan fingerprint density at radius 1 is 1.08 bits per heavy atom. The van der Waals surface area contributed by atoms with Crippen molar-refractivity contribution in [2.24, 2.45) is 0 Å². The van der Waals surface area contributed by atoms with Crippen LogP contribution in [-0.4, -0.2) is 28.0 Å². The molecule has 0 bridgehead atoms. The molecule has 4 aromatic rings. The topological polar surface area (TPSA) is 77.0 Å². The van der Waals surface area contributed by atoms with E-state index < -0.39 is 0 Å². The van der Waals surface area contributed by atoms with E-state index in [9.17, 15) is 4.79 Å². The van der Waals surface area contributed by atoms with Crippen LogP contribution in [-0.2, 0) is 4.74 Å². The molecule has 0 spiro atoms. The molecule has 0 aliphatic heterocycles. The Hall–Kier alpha value is -3.32. The lowest BCUT2D eigenvalue weighted by Crippen LogP contribution is -2.02. The van der Waals surface area contributed by atoms with Gasteiger partial charge in [0.25, 0.3) is 0 Å². The third-order valence-corrected chi connectivity index (χ3v) is 4.60. The molecule has 4 rings (SSSR count). The molecule has 1 N–H and O–H groups in total.